The zero-order chi connectivity index (χ0) is 20.1. The van der Waals surface area contributed by atoms with Crippen LogP contribution in [0.15, 0.2) is 33.9 Å². The molecule has 28 heavy (non-hydrogen) atoms. The number of aryl methyl sites for hydroxylation is 2. The monoisotopic (exact) mass is 422 g/mol. The summed E-state index contributed by atoms with van der Waals surface area (Å²) in [6.45, 7) is 9.80. The quantitative estimate of drug-likeness (QED) is 0.700. The van der Waals surface area contributed by atoms with Crippen LogP contribution < -0.4 is 9.46 Å². The van der Waals surface area contributed by atoms with E-state index in [0.29, 0.717) is 24.0 Å². The van der Waals surface area contributed by atoms with E-state index in [2.05, 4.69) is 26.4 Å². The molecule has 0 spiro atoms. The minimum absolute atomic E-state index is 0.320. The molecular formula is C21H30N2O3S2. The topological polar surface area (TPSA) is 58.6 Å². The Kier molecular flexibility index (Phi) is 7.15. The lowest BCUT2D eigenvalue weighted by atomic mass is 9.97. The minimum atomic E-state index is -3.51. The van der Waals surface area contributed by atoms with Crippen molar-refractivity contribution in [3.05, 3.63) is 45.6 Å². The van der Waals surface area contributed by atoms with Crippen molar-refractivity contribution in [1.29, 1.82) is 0 Å². The Balaban J connectivity index is 1.54. The van der Waals surface area contributed by atoms with Crippen LogP contribution in [-0.2, 0) is 16.6 Å². The highest BCUT2D eigenvalue weighted by Crippen LogP contribution is 2.27. The summed E-state index contributed by atoms with van der Waals surface area (Å²) in [5, 5.41) is 4.31. The summed E-state index contributed by atoms with van der Waals surface area (Å²) in [6.07, 6.45) is 2.04. The fourth-order valence-electron chi connectivity index (χ4n) is 3.74. The van der Waals surface area contributed by atoms with Crippen molar-refractivity contribution < 1.29 is 13.2 Å². The van der Waals surface area contributed by atoms with E-state index in [1.807, 2.05) is 20.8 Å². The molecule has 2 heterocycles. The lowest BCUT2D eigenvalue weighted by molar-refractivity contribution is 0.179. The van der Waals surface area contributed by atoms with E-state index in [0.717, 1.165) is 49.4 Å². The van der Waals surface area contributed by atoms with Gasteiger partial charge in [0.2, 0.25) is 10.0 Å². The maximum absolute atomic E-state index is 12.8. The third kappa shape index (κ3) is 5.35. The first-order valence-electron chi connectivity index (χ1n) is 9.86. The summed E-state index contributed by atoms with van der Waals surface area (Å²) in [6, 6.07) is 5.57. The van der Waals surface area contributed by atoms with E-state index < -0.39 is 10.0 Å². The predicted octanol–water partition coefficient (Wildman–Crippen LogP) is 3.95. The van der Waals surface area contributed by atoms with Crippen LogP contribution in [0.1, 0.15) is 36.5 Å². The second-order valence-corrected chi connectivity index (χ2v) is 10.1. The van der Waals surface area contributed by atoms with Gasteiger partial charge in [0.15, 0.2) is 0 Å². The molecule has 1 fully saturated rings. The van der Waals surface area contributed by atoms with Crippen molar-refractivity contribution in [1.82, 2.24) is 9.62 Å². The van der Waals surface area contributed by atoms with Crippen molar-refractivity contribution >= 4 is 21.4 Å². The molecule has 0 atom stereocenters. The average molecular weight is 423 g/mol. The molecule has 5 nitrogen and oxygen atoms in total. The Labute approximate surface area is 172 Å². The van der Waals surface area contributed by atoms with Gasteiger partial charge in [-0.25, -0.2) is 13.1 Å². The van der Waals surface area contributed by atoms with Crippen LogP contribution in [-0.4, -0.2) is 39.6 Å². The molecule has 0 radical (unpaired) electrons. The first kappa shape index (κ1) is 21.3. The molecule has 1 saturated heterocycles. The molecule has 3 rings (SSSR count). The third-order valence-corrected chi connectivity index (χ3v) is 7.42. The van der Waals surface area contributed by atoms with Crippen LogP contribution in [0.25, 0.3) is 0 Å². The predicted molar refractivity (Wildman–Crippen MR) is 115 cm³/mol. The highest BCUT2D eigenvalue weighted by molar-refractivity contribution is 7.89. The molecule has 1 aromatic carbocycles. The summed E-state index contributed by atoms with van der Waals surface area (Å²) in [5.41, 5.74) is 3.07. The lowest BCUT2D eigenvalue weighted by Crippen LogP contribution is -2.38. The first-order valence-corrected chi connectivity index (χ1v) is 12.3. The fourth-order valence-corrected chi connectivity index (χ4v) is 5.68. The van der Waals surface area contributed by atoms with E-state index >= 15 is 0 Å². The van der Waals surface area contributed by atoms with Gasteiger partial charge in [0.05, 0.1) is 11.5 Å². The molecule has 1 N–H and O–H groups in total. The van der Waals surface area contributed by atoms with Crippen LogP contribution >= 0.6 is 11.3 Å². The van der Waals surface area contributed by atoms with Crippen LogP contribution in [0, 0.1) is 19.8 Å². The van der Waals surface area contributed by atoms with Gasteiger partial charge in [0.1, 0.15) is 5.75 Å². The Hall–Kier alpha value is -1.41. The highest BCUT2D eigenvalue weighted by Gasteiger charge is 2.23. The Bertz CT molecular complexity index is 848. The summed E-state index contributed by atoms with van der Waals surface area (Å²) >= 11 is 1.73. The van der Waals surface area contributed by atoms with Crippen molar-refractivity contribution in [2.24, 2.45) is 5.92 Å². The Morgan fingerprint density at radius 1 is 1.21 bits per heavy atom. The number of hydrogen-bond donors (Lipinski definition) is 1. The number of nitrogens with one attached hydrogen (secondary N) is 1. The lowest BCUT2D eigenvalue weighted by Gasteiger charge is -2.31. The van der Waals surface area contributed by atoms with E-state index in [4.69, 9.17) is 4.74 Å². The standard InChI is InChI=1S/C21H30N2O3S2/c1-4-26-21-16(2)11-20(12-17(21)3)28(24,25)22-13-18-5-8-23(9-6-18)14-19-7-10-27-15-19/h7,10-12,15,18,22H,4-6,8-9,13-14H2,1-3H3. The maximum atomic E-state index is 12.8. The molecule has 7 heteroatoms. The largest absolute Gasteiger partial charge is 0.493 e. The summed E-state index contributed by atoms with van der Waals surface area (Å²) in [5.74, 6) is 1.16. The summed E-state index contributed by atoms with van der Waals surface area (Å²) < 4.78 is 34.0. The van der Waals surface area contributed by atoms with Crippen molar-refractivity contribution in [2.45, 2.75) is 45.1 Å². The molecule has 154 valence electrons. The van der Waals surface area contributed by atoms with Gasteiger partial charge in [-0.1, -0.05) is 0 Å². The van der Waals surface area contributed by atoms with Crippen molar-refractivity contribution in [3.63, 3.8) is 0 Å². The molecule has 0 bridgehead atoms. The van der Waals surface area contributed by atoms with Crippen molar-refractivity contribution in [3.8, 4) is 5.75 Å². The number of hydrogen-bond acceptors (Lipinski definition) is 5. The molecule has 0 saturated carbocycles. The zero-order valence-electron chi connectivity index (χ0n) is 16.9. The van der Waals surface area contributed by atoms with Gasteiger partial charge < -0.3 is 4.74 Å². The average Bonchev–Trinajstić information content (AvgIpc) is 3.17. The third-order valence-electron chi connectivity index (χ3n) is 5.29. The smallest absolute Gasteiger partial charge is 0.240 e. The number of ether oxygens (including phenoxy) is 1. The fraction of sp³-hybridized carbons (Fsp3) is 0.524. The van der Waals surface area contributed by atoms with Gasteiger partial charge in [-0.15, -0.1) is 0 Å². The molecule has 1 aliphatic rings. The molecular weight excluding hydrogens is 392 g/mol. The maximum Gasteiger partial charge on any atom is 0.240 e. The Morgan fingerprint density at radius 2 is 1.89 bits per heavy atom. The first-order chi connectivity index (χ1) is 13.4. The number of thiophene rings is 1. The number of sulfonamides is 1. The summed E-state index contributed by atoms with van der Waals surface area (Å²) in [4.78, 5) is 2.77. The molecule has 0 amide bonds. The van der Waals surface area contributed by atoms with Gasteiger partial charge in [-0.3, -0.25) is 4.90 Å². The van der Waals surface area contributed by atoms with Gasteiger partial charge in [-0.05, 0) is 98.3 Å². The Morgan fingerprint density at radius 3 is 2.46 bits per heavy atom. The molecule has 1 aromatic heterocycles. The summed E-state index contributed by atoms with van der Waals surface area (Å²) in [7, 11) is -3.51. The number of piperidine rings is 1. The van der Waals surface area contributed by atoms with E-state index in [1.54, 1.807) is 23.5 Å². The van der Waals surface area contributed by atoms with Crippen LogP contribution in [0.4, 0.5) is 0 Å². The van der Waals surface area contributed by atoms with Crippen LogP contribution in [0.3, 0.4) is 0 Å². The van der Waals surface area contributed by atoms with Crippen molar-refractivity contribution in [2.75, 3.05) is 26.2 Å². The van der Waals surface area contributed by atoms with Gasteiger partial charge in [-0.2, -0.15) is 11.3 Å². The second kappa shape index (κ2) is 9.39. The van der Waals surface area contributed by atoms with E-state index in [-0.39, 0.29) is 0 Å². The number of benzene rings is 1. The van der Waals surface area contributed by atoms with E-state index in [1.165, 1.54) is 5.56 Å². The van der Waals surface area contributed by atoms with Gasteiger partial charge in [0, 0.05) is 13.1 Å². The second-order valence-electron chi connectivity index (χ2n) is 7.52. The SMILES string of the molecule is CCOc1c(C)cc(S(=O)(=O)NCC2CCN(Cc3ccsc3)CC2)cc1C. The molecule has 0 aliphatic carbocycles. The molecule has 2 aromatic rings. The number of rotatable bonds is 8. The normalized spacial score (nSPS) is 16.4. The number of likely N-dealkylation sites (tertiary alicyclic amines) is 1. The van der Waals surface area contributed by atoms with Crippen LogP contribution in [0.5, 0.6) is 5.75 Å². The van der Waals surface area contributed by atoms with E-state index in [9.17, 15) is 8.42 Å². The number of nitrogens with zero attached hydrogens (tertiary/aromatic N) is 1. The molecule has 1 aliphatic heterocycles. The zero-order valence-corrected chi connectivity index (χ0v) is 18.5. The van der Waals surface area contributed by atoms with Gasteiger partial charge in [0.25, 0.3) is 0 Å². The minimum Gasteiger partial charge on any atom is -0.493 e. The molecule has 0 unspecified atom stereocenters. The highest BCUT2D eigenvalue weighted by atomic mass is 32.2. The van der Waals surface area contributed by atoms with Crippen LogP contribution in [0.2, 0.25) is 0 Å². The van der Waals surface area contributed by atoms with Gasteiger partial charge >= 0.3 is 0 Å².